The zero-order valence-electron chi connectivity index (χ0n) is 11.7. The molecule has 1 aliphatic heterocycles. The summed E-state index contributed by atoms with van der Waals surface area (Å²) >= 11 is 0. The van der Waals surface area contributed by atoms with Gasteiger partial charge in [0.1, 0.15) is 0 Å². The van der Waals surface area contributed by atoms with Gasteiger partial charge < -0.3 is 14.8 Å². The lowest BCUT2D eigenvalue weighted by atomic mass is 10.1. The summed E-state index contributed by atoms with van der Waals surface area (Å²) in [6, 6.07) is 0.491. The molecule has 1 aromatic heterocycles. The molecular weight excluding hydrogens is 240 g/mol. The van der Waals surface area contributed by atoms with Gasteiger partial charge in [-0.2, -0.15) is 0 Å². The molecule has 2 heterocycles. The van der Waals surface area contributed by atoms with Crippen LogP contribution in [0.2, 0.25) is 0 Å². The fourth-order valence-electron chi connectivity index (χ4n) is 2.90. The van der Waals surface area contributed by atoms with Crippen LogP contribution in [0.15, 0.2) is 12.5 Å². The van der Waals surface area contributed by atoms with E-state index < -0.39 is 0 Å². The number of fused-ring (bicyclic) bond motifs is 1. The highest BCUT2D eigenvalue weighted by Crippen LogP contribution is 2.36. The normalized spacial score (nSPS) is 25.3. The van der Waals surface area contributed by atoms with E-state index in [1.54, 1.807) is 0 Å². The lowest BCUT2D eigenvalue weighted by molar-refractivity contribution is 0.182. The number of nitrogens with zero attached hydrogens (tertiary/aromatic N) is 3. The number of amides is 2. The van der Waals surface area contributed by atoms with Crippen LogP contribution in [-0.2, 0) is 13.1 Å². The van der Waals surface area contributed by atoms with Crippen molar-refractivity contribution < 1.29 is 4.79 Å². The molecule has 1 aliphatic carbocycles. The van der Waals surface area contributed by atoms with Crippen molar-refractivity contribution in [3.63, 3.8) is 0 Å². The summed E-state index contributed by atoms with van der Waals surface area (Å²) in [5, 5.41) is 3.16. The number of carbonyl (C=O) groups excluding carboxylic acids is 1. The van der Waals surface area contributed by atoms with Crippen LogP contribution in [-0.4, -0.2) is 33.1 Å². The summed E-state index contributed by atoms with van der Waals surface area (Å²) < 4.78 is 2.11. The van der Waals surface area contributed by atoms with Crippen molar-refractivity contribution in [3.8, 4) is 0 Å². The molecule has 5 nitrogen and oxygen atoms in total. The highest BCUT2D eigenvalue weighted by Gasteiger charge is 2.39. The van der Waals surface area contributed by atoms with Gasteiger partial charge in [0.15, 0.2) is 0 Å². The predicted molar refractivity (Wildman–Crippen MR) is 72.5 cm³/mol. The molecular formula is C14H22N4O. The molecule has 104 valence electrons. The summed E-state index contributed by atoms with van der Waals surface area (Å²) in [4.78, 5) is 18.2. The van der Waals surface area contributed by atoms with Gasteiger partial charge in [0.05, 0.1) is 18.6 Å². The number of imidazole rings is 1. The topological polar surface area (TPSA) is 50.2 Å². The van der Waals surface area contributed by atoms with Crippen LogP contribution < -0.4 is 5.32 Å². The molecule has 2 amide bonds. The highest BCUT2D eigenvalue weighted by molar-refractivity contribution is 5.75. The number of rotatable bonds is 3. The molecule has 0 spiro atoms. The Kier molecular flexibility index (Phi) is 3.21. The average molecular weight is 262 g/mol. The lowest BCUT2D eigenvalue weighted by Gasteiger charge is -2.28. The summed E-state index contributed by atoms with van der Waals surface area (Å²) in [5.74, 6) is 1.41. The standard InChI is InChI=1S/C14H22N4O/c1-10(2)5-11-6-13(11)16-14(19)17-3-4-18-9-15-7-12(18)8-17/h7,9-11,13H,3-6,8H2,1-2H3,(H,16,19)/t11-,13-/m1/s1. The van der Waals surface area contributed by atoms with Gasteiger partial charge in [0.25, 0.3) is 0 Å². The maximum absolute atomic E-state index is 12.2. The maximum atomic E-state index is 12.2. The van der Waals surface area contributed by atoms with Crippen LogP contribution in [0.25, 0.3) is 0 Å². The van der Waals surface area contributed by atoms with Crippen LogP contribution in [0.4, 0.5) is 4.79 Å². The van der Waals surface area contributed by atoms with Gasteiger partial charge in [-0.05, 0) is 24.7 Å². The minimum absolute atomic E-state index is 0.0868. The van der Waals surface area contributed by atoms with Gasteiger partial charge in [-0.25, -0.2) is 9.78 Å². The van der Waals surface area contributed by atoms with Crippen LogP contribution in [0.5, 0.6) is 0 Å². The van der Waals surface area contributed by atoms with Gasteiger partial charge >= 0.3 is 6.03 Å². The molecule has 3 rings (SSSR count). The van der Waals surface area contributed by atoms with Crippen molar-refractivity contribution in [2.75, 3.05) is 6.54 Å². The fourth-order valence-corrected chi connectivity index (χ4v) is 2.90. The third kappa shape index (κ3) is 2.74. The Bertz CT molecular complexity index is 468. The number of urea groups is 1. The van der Waals surface area contributed by atoms with Gasteiger partial charge in [0.2, 0.25) is 0 Å². The van der Waals surface area contributed by atoms with Crippen molar-refractivity contribution in [1.29, 1.82) is 0 Å². The first kappa shape index (κ1) is 12.5. The molecule has 2 aliphatic rings. The smallest absolute Gasteiger partial charge is 0.318 e. The largest absolute Gasteiger partial charge is 0.335 e. The van der Waals surface area contributed by atoms with E-state index in [0.29, 0.717) is 18.5 Å². The van der Waals surface area contributed by atoms with E-state index in [1.807, 2.05) is 17.4 Å². The Morgan fingerprint density at radius 2 is 2.37 bits per heavy atom. The second-order valence-corrected chi connectivity index (χ2v) is 6.18. The van der Waals surface area contributed by atoms with Crippen LogP contribution in [0.3, 0.4) is 0 Å². The Morgan fingerprint density at radius 1 is 1.53 bits per heavy atom. The number of hydrogen-bond donors (Lipinski definition) is 1. The highest BCUT2D eigenvalue weighted by atomic mass is 16.2. The minimum Gasteiger partial charge on any atom is -0.335 e. The van der Waals surface area contributed by atoms with E-state index in [1.165, 1.54) is 6.42 Å². The van der Waals surface area contributed by atoms with Gasteiger partial charge in [-0.15, -0.1) is 0 Å². The summed E-state index contributed by atoms with van der Waals surface area (Å²) in [5.41, 5.74) is 1.12. The summed E-state index contributed by atoms with van der Waals surface area (Å²) in [6.45, 7) is 6.78. The zero-order chi connectivity index (χ0) is 13.4. The van der Waals surface area contributed by atoms with E-state index >= 15 is 0 Å². The van der Waals surface area contributed by atoms with E-state index in [0.717, 1.165) is 31.1 Å². The number of nitrogens with one attached hydrogen (secondary N) is 1. The van der Waals surface area contributed by atoms with Crippen molar-refractivity contribution in [1.82, 2.24) is 19.8 Å². The van der Waals surface area contributed by atoms with Gasteiger partial charge in [0, 0.05) is 25.3 Å². The first-order valence-electron chi connectivity index (χ1n) is 7.18. The van der Waals surface area contributed by atoms with Crippen molar-refractivity contribution in [2.24, 2.45) is 11.8 Å². The van der Waals surface area contributed by atoms with Crippen molar-refractivity contribution >= 4 is 6.03 Å². The van der Waals surface area contributed by atoms with Crippen molar-refractivity contribution in [2.45, 2.75) is 45.8 Å². The summed E-state index contributed by atoms with van der Waals surface area (Å²) in [6.07, 6.45) is 6.05. The molecule has 5 heteroatoms. The van der Waals surface area contributed by atoms with Crippen LogP contribution >= 0.6 is 0 Å². The molecule has 1 saturated carbocycles. The quantitative estimate of drug-likeness (QED) is 0.903. The minimum atomic E-state index is 0.0868. The Balaban J connectivity index is 1.50. The fraction of sp³-hybridized carbons (Fsp3) is 0.714. The molecule has 0 bridgehead atoms. The third-order valence-corrected chi connectivity index (χ3v) is 4.06. The lowest BCUT2D eigenvalue weighted by Crippen LogP contribution is -2.45. The van der Waals surface area contributed by atoms with Gasteiger partial charge in [-0.1, -0.05) is 13.8 Å². The van der Waals surface area contributed by atoms with Crippen LogP contribution in [0.1, 0.15) is 32.4 Å². The third-order valence-electron chi connectivity index (χ3n) is 4.06. The molecule has 0 unspecified atom stereocenters. The Hall–Kier alpha value is -1.52. The zero-order valence-corrected chi connectivity index (χ0v) is 11.7. The van der Waals surface area contributed by atoms with E-state index in [2.05, 4.69) is 28.7 Å². The van der Waals surface area contributed by atoms with E-state index in [-0.39, 0.29) is 6.03 Å². The molecule has 2 atom stereocenters. The number of hydrogen-bond acceptors (Lipinski definition) is 2. The van der Waals surface area contributed by atoms with E-state index in [9.17, 15) is 4.79 Å². The Morgan fingerprint density at radius 3 is 3.16 bits per heavy atom. The SMILES string of the molecule is CC(C)C[C@@H]1C[C@H]1NC(=O)N1CCn2cncc2C1. The second-order valence-electron chi connectivity index (χ2n) is 6.18. The monoisotopic (exact) mass is 262 g/mol. The molecule has 1 N–H and O–H groups in total. The molecule has 19 heavy (non-hydrogen) atoms. The van der Waals surface area contributed by atoms with E-state index in [4.69, 9.17) is 0 Å². The molecule has 0 saturated heterocycles. The maximum Gasteiger partial charge on any atom is 0.318 e. The average Bonchev–Trinajstić information content (AvgIpc) is 2.91. The number of aromatic nitrogens is 2. The number of carbonyl (C=O) groups is 1. The first-order chi connectivity index (χ1) is 9.13. The second kappa shape index (κ2) is 4.87. The molecule has 1 fully saturated rings. The Labute approximate surface area is 114 Å². The molecule has 0 aromatic carbocycles. The molecule has 1 aromatic rings. The van der Waals surface area contributed by atoms with Crippen LogP contribution in [0, 0.1) is 11.8 Å². The first-order valence-corrected chi connectivity index (χ1v) is 7.18. The predicted octanol–water partition coefficient (Wildman–Crippen LogP) is 1.84. The van der Waals surface area contributed by atoms with Gasteiger partial charge in [-0.3, -0.25) is 0 Å². The molecule has 0 radical (unpaired) electrons. The summed E-state index contributed by atoms with van der Waals surface area (Å²) in [7, 11) is 0. The van der Waals surface area contributed by atoms with Crippen molar-refractivity contribution in [3.05, 3.63) is 18.2 Å².